The van der Waals surface area contributed by atoms with Crippen LogP contribution in [0, 0.1) is 27.3 Å². The number of hydrogen-bond acceptors (Lipinski definition) is 5. The highest BCUT2D eigenvalue weighted by molar-refractivity contribution is 6.32. The second-order valence-electron chi connectivity index (χ2n) is 3.94. The van der Waals surface area contributed by atoms with Crippen molar-refractivity contribution in [1.82, 2.24) is 9.97 Å². The van der Waals surface area contributed by atoms with E-state index in [1.165, 1.54) is 6.07 Å². The Balaban J connectivity index is 2.78. The molecule has 22 heavy (non-hydrogen) atoms. The molecule has 0 amide bonds. The van der Waals surface area contributed by atoms with Crippen LogP contribution in [0.5, 0.6) is 0 Å². The Kier molecular flexibility index (Phi) is 4.23. The molecule has 6 nitrogen and oxygen atoms in total. The molecule has 0 fully saturated rings. The van der Waals surface area contributed by atoms with Crippen molar-refractivity contribution in [3.8, 4) is 17.3 Å². The van der Waals surface area contributed by atoms with Gasteiger partial charge in [-0.1, -0.05) is 11.6 Å². The molecule has 0 aliphatic heterocycles. The molecule has 0 spiro atoms. The minimum Gasteiger partial charge on any atom is -0.258 e. The number of nitro groups is 1. The summed E-state index contributed by atoms with van der Waals surface area (Å²) < 4.78 is 39.6. The van der Waals surface area contributed by atoms with Crippen LogP contribution in [0.4, 0.5) is 18.9 Å². The van der Waals surface area contributed by atoms with Gasteiger partial charge in [0.05, 0.1) is 10.6 Å². The van der Waals surface area contributed by atoms with Crippen LogP contribution < -0.4 is 0 Å². The molecule has 0 saturated heterocycles. The van der Waals surface area contributed by atoms with Crippen LogP contribution in [0.1, 0.15) is 17.7 Å². The third kappa shape index (κ3) is 2.68. The zero-order chi connectivity index (χ0) is 16.4. The van der Waals surface area contributed by atoms with Gasteiger partial charge in [-0.25, -0.2) is 23.1 Å². The van der Waals surface area contributed by atoms with Gasteiger partial charge in [0.25, 0.3) is 12.1 Å². The number of halogens is 4. The van der Waals surface area contributed by atoms with E-state index in [0.29, 0.717) is 6.07 Å². The number of alkyl halides is 2. The Morgan fingerprint density at radius 2 is 2.05 bits per heavy atom. The molecule has 2 rings (SSSR count). The Hall–Kier alpha value is -2.73. The first-order valence-electron chi connectivity index (χ1n) is 5.53. The van der Waals surface area contributed by atoms with Crippen LogP contribution in [-0.4, -0.2) is 14.9 Å². The first-order valence-corrected chi connectivity index (χ1v) is 5.91. The number of benzene rings is 1. The number of nitro benzene ring substituents is 1. The normalized spacial score (nSPS) is 10.5. The van der Waals surface area contributed by atoms with Crippen LogP contribution in [0.25, 0.3) is 11.3 Å². The maximum Gasteiger partial charge on any atom is 0.288 e. The predicted octanol–water partition coefficient (Wildman–Crippen LogP) is 3.65. The summed E-state index contributed by atoms with van der Waals surface area (Å²) in [5.74, 6) is -1.04. The lowest BCUT2D eigenvalue weighted by molar-refractivity contribution is -0.384. The van der Waals surface area contributed by atoms with Gasteiger partial charge >= 0.3 is 0 Å². The van der Waals surface area contributed by atoms with E-state index in [4.69, 9.17) is 16.9 Å². The van der Waals surface area contributed by atoms with Crippen LogP contribution in [0.2, 0.25) is 5.02 Å². The zero-order valence-corrected chi connectivity index (χ0v) is 11.2. The quantitative estimate of drug-likeness (QED) is 0.633. The van der Waals surface area contributed by atoms with Gasteiger partial charge in [-0.05, 0) is 0 Å². The molecular weight excluding hydrogens is 325 g/mol. The van der Waals surface area contributed by atoms with Crippen LogP contribution in [0.15, 0.2) is 18.5 Å². The van der Waals surface area contributed by atoms with Gasteiger partial charge < -0.3 is 0 Å². The van der Waals surface area contributed by atoms with Gasteiger partial charge in [0, 0.05) is 17.7 Å². The van der Waals surface area contributed by atoms with E-state index < -0.39 is 50.4 Å². The molecule has 112 valence electrons. The predicted molar refractivity (Wildman–Crippen MR) is 68.8 cm³/mol. The van der Waals surface area contributed by atoms with E-state index in [9.17, 15) is 23.3 Å². The molecule has 2 aromatic rings. The molecule has 1 heterocycles. The van der Waals surface area contributed by atoms with Crippen molar-refractivity contribution >= 4 is 17.3 Å². The van der Waals surface area contributed by atoms with E-state index in [-0.39, 0.29) is 0 Å². The maximum absolute atomic E-state index is 14.0. The van der Waals surface area contributed by atoms with Crippen LogP contribution >= 0.6 is 11.6 Å². The fraction of sp³-hybridized carbons (Fsp3) is 0.0833. The highest BCUT2D eigenvalue weighted by Crippen LogP contribution is 2.35. The number of hydrogen-bond donors (Lipinski definition) is 0. The van der Waals surface area contributed by atoms with E-state index in [1.807, 2.05) is 0 Å². The lowest BCUT2D eigenvalue weighted by Crippen LogP contribution is -2.02. The third-order valence-corrected chi connectivity index (χ3v) is 2.99. The van der Waals surface area contributed by atoms with Gasteiger partial charge in [-0.3, -0.25) is 10.1 Å². The average molecular weight is 329 g/mol. The lowest BCUT2D eigenvalue weighted by atomic mass is 10.0. The van der Waals surface area contributed by atoms with Crippen molar-refractivity contribution in [2.24, 2.45) is 0 Å². The van der Waals surface area contributed by atoms with Crippen LogP contribution in [-0.2, 0) is 0 Å². The first-order chi connectivity index (χ1) is 10.4. The number of nitrogens with zero attached hydrogens (tertiary/aromatic N) is 4. The Bertz CT molecular complexity index is 808. The molecule has 0 saturated carbocycles. The minimum absolute atomic E-state index is 0.465. The van der Waals surface area contributed by atoms with Crippen LogP contribution in [0.3, 0.4) is 0 Å². The van der Waals surface area contributed by atoms with Crippen molar-refractivity contribution in [3.05, 3.63) is 50.7 Å². The standard InChI is InChI=1S/C12H4ClF3N4O2/c13-7-2-8(14)5(1-9(7)20(21)22)10-6(3-17)11(12(15)16)19-4-18-10/h1-2,4,12H. The monoisotopic (exact) mass is 328 g/mol. The van der Waals surface area contributed by atoms with Gasteiger partial charge in [0.2, 0.25) is 0 Å². The summed E-state index contributed by atoms with van der Waals surface area (Å²) >= 11 is 5.54. The lowest BCUT2D eigenvalue weighted by Gasteiger charge is -2.08. The molecule has 1 aromatic carbocycles. The van der Waals surface area contributed by atoms with Gasteiger partial charge in [-0.15, -0.1) is 0 Å². The number of rotatable bonds is 3. The van der Waals surface area contributed by atoms with Gasteiger partial charge in [0.15, 0.2) is 0 Å². The van der Waals surface area contributed by atoms with Crippen molar-refractivity contribution in [3.63, 3.8) is 0 Å². The van der Waals surface area contributed by atoms with Crippen molar-refractivity contribution in [2.75, 3.05) is 0 Å². The largest absolute Gasteiger partial charge is 0.288 e. The highest BCUT2D eigenvalue weighted by Gasteiger charge is 2.24. The van der Waals surface area contributed by atoms with Crippen molar-refractivity contribution < 1.29 is 18.1 Å². The number of nitriles is 1. The first kappa shape index (κ1) is 15.7. The topological polar surface area (TPSA) is 92.7 Å². The second-order valence-corrected chi connectivity index (χ2v) is 4.34. The molecular formula is C12H4ClF3N4O2. The molecule has 0 aliphatic rings. The zero-order valence-electron chi connectivity index (χ0n) is 10.4. The smallest absolute Gasteiger partial charge is 0.258 e. The summed E-state index contributed by atoms with van der Waals surface area (Å²) in [7, 11) is 0. The second kappa shape index (κ2) is 5.95. The van der Waals surface area contributed by atoms with E-state index in [1.54, 1.807) is 0 Å². The Morgan fingerprint density at radius 3 is 2.59 bits per heavy atom. The summed E-state index contributed by atoms with van der Waals surface area (Å²) in [4.78, 5) is 16.8. The fourth-order valence-electron chi connectivity index (χ4n) is 1.74. The summed E-state index contributed by atoms with van der Waals surface area (Å²) in [6.07, 6.45) is -2.36. The summed E-state index contributed by atoms with van der Waals surface area (Å²) in [5.41, 5.74) is -3.14. The Morgan fingerprint density at radius 1 is 1.36 bits per heavy atom. The summed E-state index contributed by atoms with van der Waals surface area (Å²) in [5, 5.41) is 19.3. The van der Waals surface area contributed by atoms with E-state index >= 15 is 0 Å². The van der Waals surface area contributed by atoms with E-state index in [0.717, 1.165) is 12.4 Å². The fourth-order valence-corrected chi connectivity index (χ4v) is 1.96. The summed E-state index contributed by atoms with van der Waals surface area (Å²) in [6, 6.07) is 2.85. The third-order valence-electron chi connectivity index (χ3n) is 2.68. The minimum atomic E-state index is -3.08. The molecule has 0 atom stereocenters. The molecule has 10 heteroatoms. The molecule has 0 bridgehead atoms. The molecule has 0 N–H and O–H groups in total. The van der Waals surface area contributed by atoms with Gasteiger partial charge in [0.1, 0.15) is 34.5 Å². The van der Waals surface area contributed by atoms with Crippen molar-refractivity contribution in [2.45, 2.75) is 6.43 Å². The SMILES string of the molecule is N#Cc1c(-c2cc([N+](=O)[O-])c(Cl)cc2F)ncnc1C(F)F. The average Bonchev–Trinajstić information content (AvgIpc) is 2.46. The maximum atomic E-state index is 14.0. The molecule has 0 radical (unpaired) electrons. The molecule has 0 aliphatic carbocycles. The Labute approximate surface area is 126 Å². The van der Waals surface area contributed by atoms with Gasteiger partial charge in [-0.2, -0.15) is 5.26 Å². The number of aromatic nitrogens is 2. The van der Waals surface area contributed by atoms with Crippen molar-refractivity contribution in [1.29, 1.82) is 5.26 Å². The highest BCUT2D eigenvalue weighted by atomic mass is 35.5. The summed E-state index contributed by atoms with van der Waals surface area (Å²) in [6.45, 7) is 0. The molecule has 0 unspecified atom stereocenters. The van der Waals surface area contributed by atoms with E-state index in [2.05, 4.69) is 9.97 Å². The molecule has 1 aromatic heterocycles.